The molecular formula is C23H27N3O4. The second-order valence-corrected chi connectivity index (χ2v) is 8.47. The summed E-state index contributed by atoms with van der Waals surface area (Å²) >= 11 is 0. The van der Waals surface area contributed by atoms with E-state index in [9.17, 15) is 9.59 Å². The Hall–Kier alpha value is -2.83. The Morgan fingerprint density at radius 1 is 1.00 bits per heavy atom. The molecule has 0 bridgehead atoms. The number of rotatable bonds is 4. The Morgan fingerprint density at radius 3 is 2.70 bits per heavy atom. The van der Waals surface area contributed by atoms with Gasteiger partial charge in [-0.3, -0.25) is 9.59 Å². The number of likely N-dealkylation sites (tertiary alicyclic amines) is 1. The average Bonchev–Trinajstić information content (AvgIpc) is 3.44. The fourth-order valence-electron chi connectivity index (χ4n) is 4.89. The van der Waals surface area contributed by atoms with E-state index < -0.39 is 0 Å². The molecule has 3 heterocycles. The van der Waals surface area contributed by atoms with E-state index in [1.54, 1.807) is 12.1 Å². The van der Waals surface area contributed by atoms with Crippen molar-refractivity contribution in [1.82, 2.24) is 14.7 Å². The van der Waals surface area contributed by atoms with Crippen LogP contribution in [-0.4, -0.2) is 40.0 Å². The molecule has 1 aromatic heterocycles. The summed E-state index contributed by atoms with van der Waals surface area (Å²) in [6.45, 7) is 1.45. The molecule has 0 unspecified atom stereocenters. The number of amides is 1. The summed E-state index contributed by atoms with van der Waals surface area (Å²) in [5.41, 5.74) is 1.43. The van der Waals surface area contributed by atoms with Crippen molar-refractivity contribution in [2.75, 3.05) is 13.3 Å². The molecule has 2 aliphatic heterocycles. The van der Waals surface area contributed by atoms with Crippen LogP contribution in [0.4, 0.5) is 0 Å². The highest BCUT2D eigenvalue weighted by molar-refractivity contribution is 5.79. The highest BCUT2D eigenvalue weighted by atomic mass is 16.7. The molecule has 3 aliphatic rings. The molecule has 1 atom stereocenters. The van der Waals surface area contributed by atoms with Gasteiger partial charge in [0.2, 0.25) is 12.7 Å². The highest BCUT2D eigenvalue weighted by Gasteiger charge is 2.34. The summed E-state index contributed by atoms with van der Waals surface area (Å²) in [6.07, 6.45) is 7.43. The van der Waals surface area contributed by atoms with Crippen LogP contribution >= 0.6 is 0 Å². The molecule has 1 saturated heterocycles. The Morgan fingerprint density at radius 2 is 1.83 bits per heavy atom. The Labute approximate surface area is 175 Å². The normalized spacial score (nSPS) is 21.2. The molecule has 158 valence electrons. The first-order valence-electron chi connectivity index (χ1n) is 11.0. The third-order valence-electron chi connectivity index (χ3n) is 6.53. The van der Waals surface area contributed by atoms with Crippen LogP contribution in [0.25, 0.3) is 11.3 Å². The number of nitrogens with zero attached hydrogens (tertiary/aromatic N) is 3. The maximum Gasteiger partial charge on any atom is 0.266 e. The van der Waals surface area contributed by atoms with Gasteiger partial charge in [0.15, 0.2) is 11.5 Å². The van der Waals surface area contributed by atoms with E-state index in [1.165, 1.54) is 11.1 Å². The largest absolute Gasteiger partial charge is 0.454 e. The Kier molecular flexibility index (Phi) is 5.19. The minimum Gasteiger partial charge on any atom is -0.454 e. The number of benzene rings is 1. The number of hydrogen-bond acceptors (Lipinski definition) is 5. The van der Waals surface area contributed by atoms with Gasteiger partial charge in [-0.25, -0.2) is 4.68 Å². The van der Waals surface area contributed by atoms with Crippen LogP contribution in [0.2, 0.25) is 0 Å². The van der Waals surface area contributed by atoms with Crippen LogP contribution in [0.15, 0.2) is 35.1 Å². The minimum absolute atomic E-state index is 0.0385. The van der Waals surface area contributed by atoms with Gasteiger partial charge in [0, 0.05) is 24.1 Å². The van der Waals surface area contributed by atoms with Gasteiger partial charge in [-0.1, -0.05) is 19.3 Å². The van der Waals surface area contributed by atoms with Gasteiger partial charge >= 0.3 is 0 Å². The topological polar surface area (TPSA) is 73.7 Å². The lowest BCUT2D eigenvalue weighted by Crippen LogP contribution is -2.43. The Balaban J connectivity index is 1.36. The molecule has 0 spiro atoms. The Bertz CT molecular complexity index is 996. The predicted molar refractivity (Wildman–Crippen MR) is 111 cm³/mol. The maximum absolute atomic E-state index is 13.1. The van der Waals surface area contributed by atoms with Crippen molar-refractivity contribution in [3.63, 3.8) is 0 Å². The van der Waals surface area contributed by atoms with Crippen molar-refractivity contribution in [3.8, 4) is 22.8 Å². The molecule has 1 aromatic carbocycles. The molecule has 1 aliphatic carbocycles. The van der Waals surface area contributed by atoms with Gasteiger partial charge in [-0.2, -0.15) is 5.10 Å². The van der Waals surface area contributed by atoms with Crippen molar-refractivity contribution in [2.45, 2.75) is 57.5 Å². The number of fused-ring (bicyclic) bond motifs is 1. The second-order valence-electron chi connectivity index (χ2n) is 8.47. The van der Waals surface area contributed by atoms with Gasteiger partial charge in [0.1, 0.15) is 0 Å². The van der Waals surface area contributed by atoms with E-state index in [-0.39, 0.29) is 30.2 Å². The zero-order valence-electron chi connectivity index (χ0n) is 17.1. The van der Waals surface area contributed by atoms with Crippen molar-refractivity contribution >= 4 is 5.91 Å². The van der Waals surface area contributed by atoms with Gasteiger partial charge in [0.25, 0.3) is 5.56 Å². The maximum atomic E-state index is 13.1. The summed E-state index contributed by atoms with van der Waals surface area (Å²) in [7, 11) is 0. The van der Waals surface area contributed by atoms with Crippen LogP contribution < -0.4 is 15.0 Å². The van der Waals surface area contributed by atoms with Gasteiger partial charge in [-0.15, -0.1) is 0 Å². The number of carbonyl (C=O) groups is 1. The monoisotopic (exact) mass is 409 g/mol. The zero-order chi connectivity index (χ0) is 20.5. The molecule has 1 amide bonds. The van der Waals surface area contributed by atoms with E-state index in [0.717, 1.165) is 56.4 Å². The smallest absolute Gasteiger partial charge is 0.266 e. The van der Waals surface area contributed by atoms with Crippen molar-refractivity contribution in [2.24, 2.45) is 5.92 Å². The first-order valence-corrected chi connectivity index (χ1v) is 11.0. The second kappa shape index (κ2) is 8.13. The molecule has 7 heteroatoms. The first kappa shape index (κ1) is 19.2. The van der Waals surface area contributed by atoms with Crippen LogP contribution in [-0.2, 0) is 11.3 Å². The van der Waals surface area contributed by atoms with E-state index in [1.807, 2.05) is 23.1 Å². The van der Waals surface area contributed by atoms with E-state index >= 15 is 0 Å². The van der Waals surface area contributed by atoms with Crippen molar-refractivity contribution < 1.29 is 14.3 Å². The van der Waals surface area contributed by atoms with Crippen LogP contribution in [0, 0.1) is 5.92 Å². The lowest BCUT2D eigenvalue weighted by molar-refractivity contribution is -0.137. The number of hydrogen-bond donors (Lipinski definition) is 0. The third-order valence-corrected chi connectivity index (χ3v) is 6.53. The summed E-state index contributed by atoms with van der Waals surface area (Å²) in [4.78, 5) is 27.6. The van der Waals surface area contributed by atoms with E-state index in [2.05, 4.69) is 5.10 Å². The zero-order valence-corrected chi connectivity index (χ0v) is 17.1. The average molecular weight is 409 g/mol. The molecular weight excluding hydrogens is 382 g/mol. The first-order chi connectivity index (χ1) is 14.7. The molecule has 30 heavy (non-hydrogen) atoms. The van der Waals surface area contributed by atoms with Crippen molar-refractivity contribution in [1.29, 1.82) is 0 Å². The van der Waals surface area contributed by atoms with E-state index in [0.29, 0.717) is 18.0 Å². The molecule has 0 radical (unpaired) electrons. The number of aromatic nitrogens is 2. The molecule has 2 fully saturated rings. The standard InChI is InChI=1S/C23H27N3O4/c27-22-11-9-19(17-8-10-20-21(13-17)30-15-29-20)24-26(22)14-18-7-4-12-25(18)23(28)16-5-2-1-3-6-16/h8-11,13,16,18H,1-7,12,14-15H2/t18-/m0/s1. The number of ether oxygens (including phenoxy) is 2. The third kappa shape index (κ3) is 3.68. The predicted octanol–water partition coefficient (Wildman–Crippen LogP) is 3.21. The summed E-state index contributed by atoms with van der Waals surface area (Å²) in [6, 6.07) is 8.98. The van der Waals surface area contributed by atoms with Crippen LogP contribution in [0.1, 0.15) is 44.9 Å². The minimum atomic E-state index is -0.142. The summed E-state index contributed by atoms with van der Waals surface area (Å²) in [5.74, 6) is 1.84. The lowest BCUT2D eigenvalue weighted by atomic mass is 9.88. The molecule has 0 N–H and O–H groups in total. The van der Waals surface area contributed by atoms with Crippen LogP contribution in [0.5, 0.6) is 11.5 Å². The highest BCUT2D eigenvalue weighted by Crippen LogP contribution is 2.35. The molecule has 5 rings (SSSR count). The fourth-order valence-corrected chi connectivity index (χ4v) is 4.89. The van der Waals surface area contributed by atoms with Gasteiger partial charge in [0.05, 0.1) is 18.3 Å². The fraction of sp³-hybridized carbons (Fsp3) is 0.522. The quantitative estimate of drug-likeness (QED) is 0.775. The molecule has 7 nitrogen and oxygen atoms in total. The summed E-state index contributed by atoms with van der Waals surface area (Å²) < 4.78 is 12.3. The lowest BCUT2D eigenvalue weighted by Gasteiger charge is -2.30. The SMILES string of the molecule is O=C(C1CCCCC1)N1CCC[C@H]1Cn1nc(-c2ccc3c(c2)OCO3)ccc1=O. The van der Waals surface area contributed by atoms with Crippen LogP contribution in [0.3, 0.4) is 0 Å². The van der Waals surface area contributed by atoms with Crippen molar-refractivity contribution in [3.05, 3.63) is 40.7 Å². The number of carbonyl (C=O) groups excluding carboxylic acids is 1. The van der Waals surface area contributed by atoms with Gasteiger partial charge < -0.3 is 14.4 Å². The van der Waals surface area contributed by atoms with E-state index in [4.69, 9.17) is 9.47 Å². The molecule has 2 aromatic rings. The molecule has 1 saturated carbocycles. The summed E-state index contributed by atoms with van der Waals surface area (Å²) in [5, 5.41) is 4.61. The van der Waals surface area contributed by atoms with Gasteiger partial charge in [-0.05, 0) is 49.9 Å².